The molecule has 3 nitrogen and oxygen atoms in total. The third-order valence-corrected chi connectivity index (χ3v) is 2.06. The van der Waals surface area contributed by atoms with Gasteiger partial charge in [0.25, 0.3) is 0 Å². The van der Waals surface area contributed by atoms with Gasteiger partial charge in [0.05, 0.1) is 6.10 Å². The van der Waals surface area contributed by atoms with Crippen molar-refractivity contribution in [3.63, 3.8) is 0 Å². The first-order valence-corrected chi connectivity index (χ1v) is 4.98. The summed E-state index contributed by atoms with van der Waals surface area (Å²) in [6, 6.07) is 7.36. The number of nitrogens with one attached hydrogen (secondary N) is 1. The van der Waals surface area contributed by atoms with E-state index < -0.39 is 6.10 Å². The van der Waals surface area contributed by atoms with Crippen LogP contribution in [0.4, 0.5) is 5.69 Å². The van der Waals surface area contributed by atoms with Crippen molar-refractivity contribution < 1.29 is 5.11 Å². The van der Waals surface area contributed by atoms with Gasteiger partial charge in [-0.1, -0.05) is 19.1 Å². The Morgan fingerprint density at radius 3 is 2.93 bits per heavy atom. The molecule has 0 aliphatic rings. The Balaban J connectivity index is 2.47. The molecule has 0 bridgehead atoms. The molecule has 0 aliphatic carbocycles. The Bertz CT molecular complexity index is 276. The van der Waals surface area contributed by atoms with E-state index in [1.165, 1.54) is 0 Å². The molecular weight excluding hydrogens is 176 g/mol. The number of hydrogen-bond acceptors (Lipinski definition) is 3. The molecule has 0 radical (unpaired) electrons. The van der Waals surface area contributed by atoms with Crippen LogP contribution in [-0.4, -0.2) is 18.2 Å². The lowest BCUT2D eigenvalue weighted by Crippen LogP contribution is -2.22. The van der Waals surface area contributed by atoms with Gasteiger partial charge in [-0.15, -0.1) is 0 Å². The van der Waals surface area contributed by atoms with Crippen LogP contribution in [0.1, 0.15) is 25.0 Å². The third-order valence-electron chi connectivity index (χ3n) is 2.06. The van der Waals surface area contributed by atoms with Crippen LogP contribution in [0.5, 0.6) is 0 Å². The fraction of sp³-hybridized carbons (Fsp3) is 0.455. The van der Waals surface area contributed by atoms with E-state index in [1.54, 1.807) is 6.07 Å². The van der Waals surface area contributed by atoms with E-state index in [0.717, 1.165) is 18.5 Å². The smallest absolute Gasteiger partial charge is 0.0915 e. The van der Waals surface area contributed by atoms with Gasteiger partial charge >= 0.3 is 0 Å². The van der Waals surface area contributed by atoms with Crippen molar-refractivity contribution >= 4 is 5.69 Å². The van der Waals surface area contributed by atoms with Crippen LogP contribution < -0.4 is 11.1 Å². The average molecular weight is 194 g/mol. The molecule has 0 spiro atoms. The normalized spacial score (nSPS) is 12.7. The number of aliphatic hydroxyl groups is 1. The number of aliphatic hydroxyl groups excluding tert-OH is 1. The van der Waals surface area contributed by atoms with Crippen LogP contribution in [-0.2, 0) is 0 Å². The van der Waals surface area contributed by atoms with Crippen molar-refractivity contribution in [2.45, 2.75) is 19.4 Å². The van der Waals surface area contributed by atoms with Crippen molar-refractivity contribution in [1.82, 2.24) is 5.32 Å². The summed E-state index contributed by atoms with van der Waals surface area (Å²) < 4.78 is 0. The molecule has 0 aromatic heterocycles. The lowest BCUT2D eigenvalue weighted by atomic mass is 10.1. The minimum Gasteiger partial charge on any atom is -0.399 e. The Hall–Kier alpha value is -1.06. The Kier molecular flexibility index (Phi) is 4.43. The molecule has 14 heavy (non-hydrogen) atoms. The number of benzene rings is 1. The zero-order chi connectivity index (χ0) is 10.4. The molecule has 1 rings (SSSR count). The lowest BCUT2D eigenvalue weighted by Gasteiger charge is -2.12. The molecule has 1 aromatic rings. The first-order valence-electron chi connectivity index (χ1n) is 4.98. The van der Waals surface area contributed by atoms with Crippen LogP contribution >= 0.6 is 0 Å². The molecule has 0 heterocycles. The van der Waals surface area contributed by atoms with Gasteiger partial charge in [0.15, 0.2) is 0 Å². The van der Waals surface area contributed by atoms with Gasteiger partial charge in [0.1, 0.15) is 0 Å². The van der Waals surface area contributed by atoms with Crippen molar-refractivity contribution in [3.8, 4) is 0 Å². The Morgan fingerprint density at radius 2 is 2.29 bits per heavy atom. The first-order chi connectivity index (χ1) is 6.74. The minimum absolute atomic E-state index is 0.468. The second kappa shape index (κ2) is 5.62. The molecule has 4 N–H and O–H groups in total. The Labute approximate surface area is 84.9 Å². The van der Waals surface area contributed by atoms with E-state index in [1.807, 2.05) is 18.2 Å². The van der Waals surface area contributed by atoms with Crippen LogP contribution in [0.25, 0.3) is 0 Å². The molecule has 1 atom stereocenters. The first kappa shape index (κ1) is 11.0. The molecule has 1 unspecified atom stereocenters. The minimum atomic E-state index is -0.468. The summed E-state index contributed by atoms with van der Waals surface area (Å²) in [5.41, 5.74) is 7.18. The topological polar surface area (TPSA) is 58.3 Å². The molecular formula is C11H18N2O. The van der Waals surface area contributed by atoms with E-state index in [0.29, 0.717) is 12.2 Å². The zero-order valence-electron chi connectivity index (χ0n) is 8.53. The van der Waals surface area contributed by atoms with Gasteiger partial charge in [-0.25, -0.2) is 0 Å². The summed E-state index contributed by atoms with van der Waals surface area (Å²) in [4.78, 5) is 0. The zero-order valence-corrected chi connectivity index (χ0v) is 8.53. The van der Waals surface area contributed by atoms with Gasteiger partial charge < -0.3 is 16.2 Å². The standard InChI is InChI=1S/C11H18N2O/c1-2-6-13-8-11(14)9-4-3-5-10(12)7-9/h3-5,7,11,13-14H,2,6,8,12H2,1H3. The highest BCUT2D eigenvalue weighted by molar-refractivity contribution is 5.41. The predicted molar refractivity (Wildman–Crippen MR) is 59.0 cm³/mol. The average Bonchev–Trinajstić information content (AvgIpc) is 2.18. The highest BCUT2D eigenvalue weighted by Gasteiger charge is 2.05. The molecule has 78 valence electrons. The molecule has 0 aliphatic heterocycles. The maximum absolute atomic E-state index is 9.75. The summed E-state index contributed by atoms with van der Waals surface area (Å²) in [6.07, 6.45) is 0.606. The lowest BCUT2D eigenvalue weighted by molar-refractivity contribution is 0.175. The van der Waals surface area contributed by atoms with Crippen molar-refractivity contribution in [2.24, 2.45) is 0 Å². The molecule has 1 aromatic carbocycles. The van der Waals surface area contributed by atoms with Gasteiger partial charge in [-0.3, -0.25) is 0 Å². The molecule has 0 saturated carbocycles. The summed E-state index contributed by atoms with van der Waals surface area (Å²) in [5, 5.41) is 12.9. The second-order valence-electron chi connectivity index (χ2n) is 3.39. The van der Waals surface area contributed by atoms with Gasteiger partial charge in [0.2, 0.25) is 0 Å². The largest absolute Gasteiger partial charge is 0.399 e. The predicted octanol–water partition coefficient (Wildman–Crippen LogP) is 1.30. The van der Waals surface area contributed by atoms with Gasteiger partial charge in [-0.2, -0.15) is 0 Å². The number of rotatable bonds is 5. The van der Waals surface area contributed by atoms with E-state index >= 15 is 0 Å². The monoisotopic (exact) mass is 194 g/mol. The quantitative estimate of drug-likeness (QED) is 0.489. The van der Waals surface area contributed by atoms with Crippen molar-refractivity contribution in [3.05, 3.63) is 29.8 Å². The number of nitrogen functional groups attached to an aromatic ring is 1. The van der Waals surface area contributed by atoms with Crippen molar-refractivity contribution in [2.75, 3.05) is 18.8 Å². The summed E-state index contributed by atoms with van der Waals surface area (Å²) in [5.74, 6) is 0. The SMILES string of the molecule is CCCNCC(O)c1cccc(N)c1. The van der Waals surface area contributed by atoms with Gasteiger partial charge in [-0.05, 0) is 30.7 Å². The molecule has 3 heteroatoms. The number of anilines is 1. The number of hydrogen-bond donors (Lipinski definition) is 3. The van der Waals surface area contributed by atoms with Crippen LogP contribution in [0.15, 0.2) is 24.3 Å². The fourth-order valence-electron chi connectivity index (χ4n) is 1.30. The Morgan fingerprint density at radius 1 is 1.50 bits per heavy atom. The summed E-state index contributed by atoms with van der Waals surface area (Å²) in [7, 11) is 0. The maximum Gasteiger partial charge on any atom is 0.0915 e. The third kappa shape index (κ3) is 3.36. The summed E-state index contributed by atoms with van der Waals surface area (Å²) in [6.45, 7) is 3.61. The highest BCUT2D eigenvalue weighted by atomic mass is 16.3. The van der Waals surface area contributed by atoms with E-state index in [-0.39, 0.29) is 0 Å². The molecule has 0 fully saturated rings. The summed E-state index contributed by atoms with van der Waals surface area (Å²) >= 11 is 0. The van der Waals surface area contributed by atoms with Gasteiger partial charge in [0, 0.05) is 12.2 Å². The molecule has 0 saturated heterocycles. The van der Waals surface area contributed by atoms with Crippen LogP contribution in [0.2, 0.25) is 0 Å². The van der Waals surface area contributed by atoms with Crippen molar-refractivity contribution in [1.29, 1.82) is 0 Å². The highest BCUT2D eigenvalue weighted by Crippen LogP contribution is 2.14. The number of nitrogens with two attached hydrogens (primary N) is 1. The van der Waals surface area contributed by atoms with E-state index in [2.05, 4.69) is 12.2 Å². The van der Waals surface area contributed by atoms with E-state index in [9.17, 15) is 5.11 Å². The second-order valence-corrected chi connectivity index (χ2v) is 3.39. The van der Waals surface area contributed by atoms with Crippen LogP contribution in [0, 0.1) is 0 Å². The maximum atomic E-state index is 9.75. The van der Waals surface area contributed by atoms with E-state index in [4.69, 9.17) is 5.73 Å². The van der Waals surface area contributed by atoms with Crippen LogP contribution in [0.3, 0.4) is 0 Å². The molecule has 0 amide bonds. The fourth-order valence-corrected chi connectivity index (χ4v) is 1.30.